The molecular weight excluding hydrogens is 605 g/mol. The van der Waals surface area contributed by atoms with Crippen molar-refractivity contribution < 1.29 is 40.0 Å². The summed E-state index contributed by atoms with van der Waals surface area (Å²) in [5, 5.41) is 5.56. The van der Waals surface area contributed by atoms with E-state index in [0.717, 1.165) is 17.2 Å². The van der Waals surface area contributed by atoms with Crippen molar-refractivity contribution in [2.24, 2.45) is 0 Å². The van der Waals surface area contributed by atoms with Crippen LogP contribution in [0.3, 0.4) is 0 Å². The van der Waals surface area contributed by atoms with Crippen molar-refractivity contribution in [1.82, 2.24) is 15.5 Å². The van der Waals surface area contributed by atoms with E-state index >= 15 is 0 Å². The molecule has 0 spiro atoms. The van der Waals surface area contributed by atoms with Crippen LogP contribution in [-0.2, 0) is 38.6 Å². The zero-order valence-corrected chi connectivity index (χ0v) is 24.6. The molecule has 13 heteroatoms. The van der Waals surface area contributed by atoms with Crippen molar-refractivity contribution in [1.29, 1.82) is 0 Å². The number of alkyl halides is 4. The topological polar surface area (TPSA) is 95.6 Å². The molecule has 0 bridgehead atoms. The molecule has 44 heavy (non-hydrogen) atoms. The number of nitrogens with zero attached hydrogens (tertiary/aromatic N) is 1. The smallest absolute Gasteiger partial charge is 0.351 e. The van der Waals surface area contributed by atoms with Crippen LogP contribution >= 0.6 is 0 Å². The van der Waals surface area contributed by atoms with Crippen LogP contribution in [0.4, 0.5) is 26.7 Å². The van der Waals surface area contributed by atoms with E-state index in [2.05, 4.69) is 10.6 Å². The summed E-state index contributed by atoms with van der Waals surface area (Å²) >= 11 is 0. The van der Waals surface area contributed by atoms with E-state index in [1.807, 2.05) is 0 Å². The minimum atomic E-state index is -5.10. The van der Waals surface area contributed by atoms with Gasteiger partial charge in [0.2, 0.25) is 11.6 Å². The molecule has 5 atom stereocenters. The molecule has 1 aliphatic carbocycles. The highest BCUT2D eigenvalue weighted by Gasteiger charge is 2.56. The second-order valence-corrected chi connectivity index (χ2v) is 14.3. The summed E-state index contributed by atoms with van der Waals surface area (Å²) in [6, 6.07) is 7.65. The van der Waals surface area contributed by atoms with Gasteiger partial charge in [-0.25, -0.2) is 22.0 Å². The standard InChI is InChI=1S/C30H34F5N3O4S.CH4/c1-18(39)36-25-17-43(41,42)14-11-24(25)37-27(40)38-13-12-29(16-19-3-7-22(31)8-4-19)23-9-6-21(28(2,32)30(33,34)35)15-20(23)5-10-26(29)38;/h3-4,6-9,15,24-26H,5,10-14,16-17H2,1-2H3,(H,36,39)(H,37,40);1H4/t24?,25?,26-,28?,29-;/m1./s1. The van der Waals surface area contributed by atoms with E-state index in [9.17, 15) is 40.0 Å². The Labute approximate surface area is 254 Å². The highest BCUT2D eigenvalue weighted by Crippen LogP contribution is 2.51. The second kappa shape index (κ2) is 11.9. The normalized spacial score (nSPS) is 27.2. The number of nitrogens with one attached hydrogen (secondary N) is 2. The maximum Gasteiger partial charge on any atom is 0.426 e. The number of likely N-dealkylation sites (tertiary alicyclic amines) is 1. The molecule has 7 nitrogen and oxygen atoms in total. The van der Waals surface area contributed by atoms with Gasteiger partial charge in [0.1, 0.15) is 5.82 Å². The predicted molar refractivity (Wildman–Crippen MR) is 156 cm³/mol. The fourth-order valence-electron chi connectivity index (χ4n) is 7.03. The molecule has 0 aromatic heterocycles. The van der Waals surface area contributed by atoms with E-state index in [-0.39, 0.29) is 31.4 Å². The van der Waals surface area contributed by atoms with Crippen molar-refractivity contribution in [2.75, 3.05) is 18.1 Å². The minimum absolute atomic E-state index is 0. The first-order valence-corrected chi connectivity index (χ1v) is 16.0. The van der Waals surface area contributed by atoms with Gasteiger partial charge in [-0.15, -0.1) is 0 Å². The third-order valence-corrected chi connectivity index (χ3v) is 11.0. The van der Waals surface area contributed by atoms with Crippen LogP contribution in [0.5, 0.6) is 0 Å². The molecule has 2 aliphatic heterocycles. The maximum atomic E-state index is 14.9. The van der Waals surface area contributed by atoms with Gasteiger partial charge in [-0.05, 0) is 73.4 Å². The largest absolute Gasteiger partial charge is 0.426 e. The van der Waals surface area contributed by atoms with Crippen LogP contribution in [0.2, 0.25) is 0 Å². The Kier molecular flexibility index (Phi) is 9.14. The molecule has 2 aromatic carbocycles. The molecule has 2 N–H and O–H groups in total. The zero-order valence-electron chi connectivity index (χ0n) is 23.8. The summed E-state index contributed by atoms with van der Waals surface area (Å²) in [7, 11) is -3.39. The predicted octanol–water partition coefficient (Wildman–Crippen LogP) is 5.11. The molecule has 5 rings (SSSR count). The Morgan fingerprint density at radius 3 is 2.34 bits per heavy atom. The molecular formula is C31H38F5N3O4S. The molecule has 242 valence electrons. The van der Waals surface area contributed by atoms with Crippen LogP contribution in [0, 0.1) is 5.82 Å². The summed E-state index contributed by atoms with van der Waals surface area (Å²) in [5.41, 5.74) is -2.68. The van der Waals surface area contributed by atoms with Gasteiger partial charge < -0.3 is 15.5 Å². The first kappa shape index (κ1) is 33.7. The number of hydrogen-bond donors (Lipinski definition) is 2. The number of amides is 3. The lowest BCUT2D eigenvalue weighted by atomic mass is 9.63. The molecule has 2 saturated heterocycles. The summed E-state index contributed by atoms with van der Waals surface area (Å²) in [6.45, 7) is 2.08. The van der Waals surface area contributed by atoms with Gasteiger partial charge in [-0.1, -0.05) is 37.8 Å². The van der Waals surface area contributed by atoms with Gasteiger partial charge >= 0.3 is 12.2 Å². The SMILES string of the molecule is C.CC(=O)NC1CS(=O)(=O)CCC1NC(=O)N1CC[C@@]2(Cc3ccc(F)cc3)c3ccc(C(C)(F)C(F)(F)F)cc3CC[C@@H]12. The number of halogens is 5. The van der Waals surface area contributed by atoms with Crippen molar-refractivity contribution in [3.05, 3.63) is 70.5 Å². The first-order chi connectivity index (χ1) is 20.0. The molecule has 3 unspecified atom stereocenters. The van der Waals surface area contributed by atoms with Gasteiger partial charge in [0.05, 0.1) is 23.6 Å². The maximum absolute atomic E-state index is 14.9. The highest BCUT2D eigenvalue weighted by atomic mass is 32.2. The molecule has 0 radical (unpaired) electrons. The quantitative estimate of drug-likeness (QED) is 0.443. The van der Waals surface area contributed by atoms with Gasteiger partial charge in [-0.3, -0.25) is 4.79 Å². The van der Waals surface area contributed by atoms with Crippen molar-refractivity contribution in [3.63, 3.8) is 0 Å². The van der Waals surface area contributed by atoms with Crippen molar-refractivity contribution in [2.45, 2.75) is 88.8 Å². The third-order valence-electron chi connectivity index (χ3n) is 9.27. The number of rotatable bonds is 5. The summed E-state index contributed by atoms with van der Waals surface area (Å²) < 4.78 is 93.7. The fraction of sp³-hybridized carbons (Fsp3) is 0.548. The first-order valence-electron chi connectivity index (χ1n) is 14.2. The zero-order chi connectivity index (χ0) is 31.4. The molecule has 0 saturated carbocycles. The lowest BCUT2D eigenvalue weighted by Gasteiger charge is -2.44. The van der Waals surface area contributed by atoms with Crippen LogP contribution in [0.1, 0.15) is 62.8 Å². The molecule has 2 heterocycles. The van der Waals surface area contributed by atoms with Gasteiger partial charge in [0.25, 0.3) is 0 Å². The number of urea groups is 1. The van der Waals surface area contributed by atoms with Gasteiger partial charge in [0, 0.05) is 24.9 Å². The Hall–Kier alpha value is -3.22. The Morgan fingerprint density at radius 2 is 1.70 bits per heavy atom. The Morgan fingerprint density at radius 1 is 1.02 bits per heavy atom. The van der Waals surface area contributed by atoms with E-state index in [1.54, 1.807) is 17.0 Å². The van der Waals surface area contributed by atoms with Gasteiger partial charge in [-0.2, -0.15) is 13.2 Å². The van der Waals surface area contributed by atoms with Gasteiger partial charge in [0.15, 0.2) is 9.84 Å². The van der Waals surface area contributed by atoms with E-state index in [1.165, 1.54) is 31.2 Å². The third kappa shape index (κ3) is 6.29. The van der Waals surface area contributed by atoms with Crippen molar-refractivity contribution in [3.8, 4) is 0 Å². The number of fused-ring (bicyclic) bond motifs is 3. The average molecular weight is 644 g/mol. The fourth-order valence-corrected chi connectivity index (χ4v) is 8.67. The van der Waals surface area contributed by atoms with Crippen LogP contribution < -0.4 is 10.6 Å². The number of carbonyl (C=O) groups is 2. The number of sulfone groups is 1. The summed E-state index contributed by atoms with van der Waals surface area (Å²) in [6.07, 6.45) is -3.43. The van der Waals surface area contributed by atoms with E-state index in [4.69, 9.17) is 0 Å². The lowest BCUT2D eigenvalue weighted by molar-refractivity contribution is -0.228. The second-order valence-electron chi connectivity index (χ2n) is 12.1. The molecule has 2 fully saturated rings. The van der Waals surface area contributed by atoms with Crippen LogP contribution in [-0.4, -0.2) is 67.6 Å². The van der Waals surface area contributed by atoms with E-state index in [0.29, 0.717) is 44.7 Å². The Bertz CT molecular complexity index is 1510. The Balaban J connectivity index is 0.00000442. The number of carbonyl (C=O) groups excluding carboxylic acids is 2. The monoisotopic (exact) mass is 643 g/mol. The van der Waals surface area contributed by atoms with E-state index < -0.39 is 62.5 Å². The average Bonchev–Trinajstić information content (AvgIpc) is 3.29. The number of aryl methyl sites for hydroxylation is 1. The highest BCUT2D eigenvalue weighted by molar-refractivity contribution is 7.91. The molecule has 2 aromatic rings. The van der Waals surface area contributed by atoms with Crippen LogP contribution in [0.15, 0.2) is 42.5 Å². The van der Waals surface area contributed by atoms with Crippen LogP contribution in [0.25, 0.3) is 0 Å². The number of hydrogen-bond acceptors (Lipinski definition) is 4. The molecule has 3 aliphatic rings. The lowest BCUT2D eigenvalue weighted by Crippen LogP contribution is -2.60. The van der Waals surface area contributed by atoms with Crippen molar-refractivity contribution >= 4 is 21.8 Å². The molecule has 3 amide bonds. The summed E-state index contributed by atoms with van der Waals surface area (Å²) in [5.74, 6) is -1.26. The summed E-state index contributed by atoms with van der Waals surface area (Å²) in [4.78, 5) is 27.2. The minimum Gasteiger partial charge on any atom is -0.351 e. The number of benzene rings is 2.